The fraction of sp³-hybridized carbons (Fsp3) is 0.417. The van der Waals surface area contributed by atoms with E-state index >= 15 is 0 Å². The topological polar surface area (TPSA) is 41.9 Å². The largest absolute Gasteiger partial charge is 0.480 e. The Morgan fingerprint density at radius 3 is 2.25 bits per heavy atom. The molecule has 3 rings (SSSR count). The molecule has 0 bridgehead atoms. The number of aliphatic imine (C=N–C) groups is 1. The van der Waals surface area contributed by atoms with Crippen molar-refractivity contribution in [2.24, 2.45) is 4.99 Å². The van der Waals surface area contributed by atoms with Gasteiger partial charge in [0.1, 0.15) is 11.6 Å². The van der Waals surface area contributed by atoms with E-state index in [0.717, 1.165) is 11.1 Å². The van der Waals surface area contributed by atoms with Crippen molar-refractivity contribution in [1.29, 1.82) is 0 Å². The zero-order valence-electron chi connectivity index (χ0n) is 17.3. The van der Waals surface area contributed by atoms with Crippen LogP contribution in [0.2, 0.25) is 0 Å². The molecule has 0 spiro atoms. The van der Waals surface area contributed by atoms with Gasteiger partial charge in [0.15, 0.2) is 0 Å². The molecule has 0 saturated carbocycles. The van der Waals surface area contributed by atoms with E-state index in [9.17, 15) is 4.79 Å². The Labute approximate surface area is 168 Å². The van der Waals surface area contributed by atoms with Crippen molar-refractivity contribution in [2.45, 2.75) is 58.2 Å². The molecule has 0 saturated heterocycles. The van der Waals surface area contributed by atoms with Gasteiger partial charge < -0.3 is 9.64 Å². The van der Waals surface area contributed by atoms with Crippen molar-refractivity contribution in [2.75, 3.05) is 6.61 Å². The van der Waals surface area contributed by atoms with Gasteiger partial charge in [0.05, 0.1) is 12.6 Å². The van der Waals surface area contributed by atoms with Crippen LogP contribution in [-0.2, 0) is 16.0 Å². The van der Waals surface area contributed by atoms with Gasteiger partial charge in [-0.25, -0.2) is 4.99 Å². The van der Waals surface area contributed by atoms with Crippen LogP contribution in [0, 0.1) is 0 Å². The Hall–Kier alpha value is -2.62. The van der Waals surface area contributed by atoms with E-state index in [1.165, 1.54) is 0 Å². The molecule has 1 aliphatic heterocycles. The van der Waals surface area contributed by atoms with Gasteiger partial charge in [-0.3, -0.25) is 4.79 Å². The first kappa shape index (κ1) is 20.1. The minimum atomic E-state index is -0.832. The molecule has 148 valence electrons. The van der Waals surface area contributed by atoms with Crippen LogP contribution in [0.4, 0.5) is 0 Å². The molecule has 0 aliphatic carbocycles. The predicted octanol–water partition coefficient (Wildman–Crippen LogP) is 4.80. The molecule has 1 heterocycles. The molecule has 1 aliphatic rings. The Morgan fingerprint density at radius 1 is 1.07 bits per heavy atom. The Balaban J connectivity index is 2.04. The number of nitrogens with zero attached hydrogens (tertiary/aromatic N) is 2. The van der Waals surface area contributed by atoms with Gasteiger partial charge in [0, 0.05) is 6.42 Å². The summed E-state index contributed by atoms with van der Waals surface area (Å²) in [7, 11) is 0. The molecular weight excluding hydrogens is 348 g/mol. The van der Waals surface area contributed by atoms with E-state index < -0.39 is 5.54 Å². The summed E-state index contributed by atoms with van der Waals surface area (Å²) in [5.41, 5.74) is 1.39. The second-order valence-corrected chi connectivity index (χ2v) is 7.41. The lowest BCUT2D eigenvalue weighted by Crippen LogP contribution is -2.59. The highest BCUT2D eigenvalue weighted by Gasteiger charge is 2.48. The summed E-state index contributed by atoms with van der Waals surface area (Å²) >= 11 is 0. The Kier molecular flexibility index (Phi) is 6.18. The average molecular weight is 379 g/mol. The lowest BCUT2D eigenvalue weighted by atomic mass is 9.84. The van der Waals surface area contributed by atoms with Gasteiger partial charge in [0.2, 0.25) is 5.90 Å². The second kappa shape index (κ2) is 8.59. The summed E-state index contributed by atoms with van der Waals surface area (Å²) in [5, 5.41) is 0. The lowest BCUT2D eigenvalue weighted by Gasteiger charge is -2.45. The normalized spacial score (nSPS) is 23.3. The molecule has 2 aromatic carbocycles. The molecule has 0 unspecified atom stereocenters. The van der Waals surface area contributed by atoms with E-state index in [0.29, 0.717) is 25.3 Å². The highest BCUT2D eigenvalue weighted by atomic mass is 16.5. The van der Waals surface area contributed by atoms with Gasteiger partial charge >= 0.3 is 0 Å². The van der Waals surface area contributed by atoms with Crippen molar-refractivity contribution >= 4 is 11.8 Å². The van der Waals surface area contributed by atoms with Gasteiger partial charge in [-0.2, -0.15) is 0 Å². The summed E-state index contributed by atoms with van der Waals surface area (Å²) in [5.74, 6) is 0.730. The number of hydrogen-bond acceptors (Lipinski definition) is 3. The molecule has 28 heavy (non-hydrogen) atoms. The first-order chi connectivity index (χ1) is 13.5. The Bertz CT molecular complexity index is 819. The first-order valence-corrected chi connectivity index (χ1v) is 10.2. The number of hydrogen-bond donors (Lipinski definition) is 0. The van der Waals surface area contributed by atoms with Crippen LogP contribution in [0.5, 0.6) is 0 Å². The summed E-state index contributed by atoms with van der Waals surface area (Å²) in [6, 6.07) is 20.0. The fourth-order valence-electron chi connectivity index (χ4n) is 4.00. The molecule has 4 heteroatoms. The zero-order chi connectivity index (χ0) is 20.1. The second-order valence-electron chi connectivity index (χ2n) is 7.41. The van der Waals surface area contributed by atoms with Crippen LogP contribution in [0.25, 0.3) is 0 Å². The Morgan fingerprint density at radius 2 is 1.68 bits per heavy atom. The van der Waals surface area contributed by atoms with Crippen LogP contribution < -0.4 is 0 Å². The van der Waals surface area contributed by atoms with Crippen molar-refractivity contribution in [3.8, 4) is 0 Å². The standard InChI is InChI=1S/C24H30N2O2/c1-5-24(17-20-13-9-7-10-14-20)23(27)26(19(4)22(25-24)28-6-2)18(3)21-15-11-8-12-16-21/h7-16,18-19H,5-6,17H2,1-4H3/t18-,19+,24-/m0/s1. The summed E-state index contributed by atoms with van der Waals surface area (Å²) in [6.45, 7) is 8.63. The van der Waals surface area contributed by atoms with Crippen LogP contribution in [0.3, 0.4) is 0 Å². The lowest BCUT2D eigenvalue weighted by molar-refractivity contribution is -0.142. The summed E-state index contributed by atoms with van der Waals surface area (Å²) in [6.07, 6.45) is 1.20. The summed E-state index contributed by atoms with van der Waals surface area (Å²) < 4.78 is 5.91. The minimum Gasteiger partial charge on any atom is -0.480 e. The number of ether oxygens (including phenoxy) is 1. The molecular formula is C24H30N2O2. The SMILES string of the molecule is CCOC1=N[C@@](CC)(Cc2ccccc2)C(=O)N([C@@H](C)c2ccccc2)[C@@H]1C. The summed E-state index contributed by atoms with van der Waals surface area (Å²) in [4.78, 5) is 20.7. The number of amides is 1. The quantitative estimate of drug-likeness (QED) is 0.724. The first-order valence-electron chi connectivity index (χ1n) is 10.2. The van der Waals surface area contributed by atoms with E-state index in [1.807, 2.05) is 62.1 Å². The molecule has 0 radical (unpaired) electrons. The molecule has 2 aromatic rings. The van der Waals surface area contributed by atoms with Crippen LogP contribution in [0.1, 0.15) is 51.3 Å². The molecule has 3 atom stereocenters. The maximum absolute atomic E-state index is 13.8. The minimum absolute atomic E-state index is 0.0589. The highest BCUT2D eigenvalue weighted by molar-refractivity contribution is 5.98. The molecule has 0 N–H and O–H groups in total. The highest BCUT2D eigenvalue weighted by Crippen LogP contribution is 2.35. The molecule has 4 nitrogen and oxygen atoms in total. The van der Waals surface area contributed by atoms with Crippen molar-refractivity contribution in [3.05, 3.63) is 71.8 Å². The molecule has 0 aromatic heterocycles. The average Bonchev–Trinajstić information content (AvgIpc) is 2.73. The third-order valence-electron chi connectivity index (χ3n) is 5.65. The molecule has 0 fully saturated rings. The van der Waals surface area contributed by atoms with Crippen molar-refractivity contribution in [3.63, 3.8) is 0 Å². The monoisotopic (exact) mass is 378 g/mol. The van der Waals surface area contributed by atoms with Gasteiger partial charge in [-0.05, 0) is 38.3 Å². The van der Waals surface area contributed by atoms with Gasteiger partial charge in [-0.1, -0.05) is 67.6 Å². The van der Waals surface area contributed by atoms with Gasteiger partial charge in [-0.15, -0.1) is 0 Å². The van der Waals surface area contributed by atoms with Gasteiger partial charge in [0.25, 0.3) is 5.91 Å². The van der Waals surface area contributed by atoms with Crippen molar-refractivity contribution < 1.29 is 9.53 Å². The van der Waals surface area contributed by atoms with Crippen LogP contribution >= 0.6 is 0 Å². The number of carbonyl (C=O) groups is 1. The van der Waals surface area contributed by atoms with Crippen molar-refractivity contribution in [1.82, 2.24) is 4.90 Å². The third kappa shape index (κ3) is 3.82. The number of rotatable bonds is 6. The molecule has 1 amide bonds. The number of carbonyl (C=O) groups excluding carboxylic acids is 1. The van der Waals surface area contributed by atoms with Crippen LogP contribution in [0.15, 0.2) is 65.7 Å². The predicted molar refractivity (Wildman–Crippen MR) is 113 cm³/mol. The zero-order valence-corrected chi connectivity index (χ0v) is 17.3. The maximum Gasteiger partial charge on any atom is 0.252 e. The third-order valence-corrected chi connectivity index (χ3v) is 5.65. The van der Waals surface area contributed by atoms with E-state index in [2.05, 4.69) is 31.2 Å². The maximum atomic E-state index is 13.8. The van der Waals surface area contributed by atoms with E-state index in [1.54, 1.807) is 0 Å². The fourth-order valence-corrected chi connectivity index (χ4v) is 4.00. The number of benzene rings is 2. The van der Waals surface area contributed by atoms with E-state index in [-0.39, 0.29) is 18.0 Å². The van der Waals surface area contributed by atoms with Crippen LogP contribution in [-0.4, -0.2) is 34.9 Å². The smallest absolute Gasteiger partial charge is 0.252 e. The van der Waals surface area contributed by atoms with E-state index in [4.69, 9.17) is 9.73 Å².